The van der Waals surface area contributed by atoms with Gasteiger partial charge in [-0.15, -0.1) is 0 Å². The molecule has 0 aliphatic rings. The van der Waals surface area contributed by atoms with Crippen LogP contribution in [0.1, 0.15) is 5.56 Å². The molecule has 4 heteroatoms. The molecule has 4 heterocycles. The van der Waals surface area contributed by atoms with Gasteiger partial charge in [0.2, 0.25) is 0 Å². The highest BCUT2D eigenvalue weighted by Crippen LogP contribution is 2.44. The number of benzene rings is 13. The van der Waals surface area contributed by atoms with Crippen molar-refractivity contribution in [2.75, 3.05) is 0 Å². The molecule has 0 fully saturated rings. The van der Waals surface area contributed by atoms with E-state index in [9.17, 15) is 0 Å². The van der Waals surface area contributed by atoms with E-state index in [0.29, 0.717) is 0 Å². The quantitative estimate of drug-likeness (QED) is 0.145. The van der Waals surface area contributed by atoms with E-state index in [-0.39, 0.29) is 0 Å². The number of hydrogen-bond acceptors (Lipinski definition) is 0. The Kier molecular flexibility index (Phi) is 10.5. The fourth-order valence-corrected chi connectivity index (χ4v) is 13.6. The van der Waals surface area contributed by atoms with Crippen LogP contribution in [-0.2, 0) is 0 Å². The third-order valence-corrected chi connectivity index (χ3v) is 17.4. The predicted octanol–water partition coefficient (Wildman–Crippen LogP) is 21.1. The van der Waals surface area contributed by atoms with Gasteiger partial charge in [0, 0.05) is 65.8 Å². The first-order chi connectivity index (χ1) is 41.1. The molecule has 4 aromatic heterocycles. The number of fused-ring (bicyclic) bond motifs is 12. The summed E-state index contributed by atoms with van der Waals surface area (Å²) in [7, 11) is 0. The van der Waals surface area contributed by atoms with Gasteiger partial charge >= 0.3 is 0 Å². The minimum absolute atomic E-state index is 1.11. The molecule has 0 radical (unpaired) electrons. The molecule has 0 bridgehead atoms. The molecule has 0 amide bonds. The van der Waals surface area contributed by atoms with Crippen LogP contribution in [0.2, 0.25) is 0 Å². The molecule has 83 heavy (non-hydrogen) atoms. The lowest BCUT2D eigenvalue weighted by Gasteiger charge is -2.16. The molecule has 0 aliphatic carbocycles. The standard InChI is InChI=1S/C79H52N4/c1-51-36-38-53(39-37-51)58-45-61(82-71-30-10-5-24-64(71)65-25-6-11-31-72(65)82)50-62(46-58)83-75-34-14-9-28-68(75)79-63(29-17-35-78(79)83)57-21-15-20-54(44-57)56-41-43-77-70(48-56)67-27-8-13-33-74(67)81(77)60-23-16-22-59(49-60)80-73-32-12-7-26-66(73)69-47-55(40-42-76(69)80)52-18-3-2-4-19-52/h2-50H,1H3. The first-order valence-electron chi connectivity index (χ1n) is 28.6. The fourth-order valence-electron chi connectivity index (χ4n) is 13.6. The van der Waals surface area contributed by atoms with Crippen molar-refractivity contribution in [3.63, 3.8) is 0 Å². The zero-order valence-corrected chi connectivity index (χ0v) is 45.6. The van der Waals surface area contributed by atoms with Crippen LogP contribution in [0.15, 0.2) is 297 Å². The van der Waals surface area contributed by atoms with Crippen LogP contribution in [0.3, 0.4) is 0 Å². The third kappa shape index (κ3) is 7.40. The minimum atomic E-state index is 1.11. The Bertz CT molecular complexity index is 5400. The Morgan fingerprint density at radius 2 is 0.554 bits per heavy atom. The van der Waals surface area contributed by atoms with Gasteiger partial charge < -0.3 is 18.3 Å². The van der Waals surface area contributed by atoms with Crippen LogP contribution in [0.5, 0.6) is 0 Å². The van der Waals surface area contributed by atoms with Gasteiger partial charge in [-0.05, 0) is 155 Å². The van der Waals surface area contributed by atoms with E-state index >= 15 is 0 Å². The molecular formula is C79H52N4. The van der Waals surface area contributed by atoms with E-state index in [1.165, 1.54) is 132 Å². The van der Waals surface area contributed by atoms with E-state index in [1.54, 1.807) is 0 Å². The van der Waals surface area contributed by atoms with Crippen molar-refractivity contribution in [3.05, 3.63) is 303 Å². The lowest BCUT2D eigenvalue weighted by molar-refractivity contribution is 1.13. The largest absolute Gasteiger partial charge is 0.309 e. The summed E-state index contributed by atoms with van der Waals surface area (Å²) in [6.45, 7) is 2.16. The first kappa shape index (κ1) is 46.9. The fraction of sp³-hybridized carbons (Fsp3) is 0.0127. The molecule has 0 N–H and O–H groups in total. The maximum absolute atomic E-state index is 2.48. The molecule has 17 rings (SSSR count). The van der Waals surface area contributed by atoms with Crippen LogP contribution < -0.4 is 0 Å². The highest BCUT2D eigenvalue weighted by molar-refractivity contribution is 6.17. The van der Waals surface area contributed by atoms with Crippen molar-refractivity contribution in [1.82, 2.24) is 18.3 Å². The van der Waals surface area contributed by atoms with Crippen molar-refractivity contribution in [1.29, 1.82) is 0 Å². The molecule has 0 spiro atoms. The van der Waals surface area contributed by atoms with E-state index in [0.717, 1.165) is 28.3 Å². The van der Waals surface area contributed by atoms with E-state index in [1.807, 2.05) is 0 Å². The molecule has 0 unspecified atom stereocenters. The van der Waals surface area contributed by atoms with Crippen LogP contribution in [0, 0.1) is 6.92 Å². The predicted molar refractivity (Wildman–Crippen MR) is 350 cm³/mol. The molecule has 0 aliphatic heterocycles. The maximum atomic E-state index is 2.48. The van der Waals surface area contributed by atoms with Crippen LogP contribution in [0.4, 0.5) is 0 Å². The molecule has 17 aromatic rings. The Labute approximate surface area is 479 Å². The van der Waals surface area contributed by atoms with Gasteiger partial charge in [0.15, 0.2) is 0 Å². The number of para-hydroxylation sites is 5. The highest BCUT2D eigenvalue weighted by Gasteiger charge is 2.21. The Hall–Kier alpha value is -10.9. The summed E-state index contributed by atoms with van der Waals surface area (Å²) in [5.41, 5.74) is 24.7. The zero-order chi connectivity index (χ0) is 54.7. The SMILES string of the molecule is Cc1ccc(-c2cc(-n3c4ccccc4c4ccccc43)cc(-n3c4ccccc4c4c(-c5cccc(-c6ccc7c(c6)c6ccccc6n7-c6cccc(-n7c8ccccc8c8cc(-c9ccccc9)ccc87)c6)c5)cccc43)c2)cc1. The average molecular weight is 1060 g/mol. The van der Waals surface area contributed by atoms with Crippen molar-refractivity contribution < 1.29 is 0 Å². The molecule has 0 saturated carbocycles. The van der Waals surface area contributed by atoms with E-state index in [4.69, 9.17) is 0 Å². The monoisotopic (exact) mass is 1060 g/mol. The second-order valence-electron chi connectivity index (χ2n) is 22.2. The summed E-state index contributed by atoms with van der Waals surface area (Å²) in [5.74, 6) is 0. The topological polar surface area (TPSA) is 19.7 Å². The van der Waals surface area contributed by atoms with Crippen molar-refractivity contribution in [2.45, 2.75) is 6.92 Å². The van der Waals surface area contributed by atoms with Crippen LogP contribution >= 0.6 is 0 Å². The molecule has 13 aromatic carbocycles. The van der Waals surface area contributed by atoms with Gasteiger partial charge in [0.1, 0.15) is 0 Å². The van der Waals surface area contributed by atoms with Gasteiger partial charge in [-0.3, -0.25) is 0 Å². The molecule has 388 valence electrons. The molecule has 0 atom stereocenters. The number of nitrogens with zero attached hydrogens (tertiary/aromatic N) is 4. The normalized spacial score (nSPS) is 11.9. The Balaban J connectivity index is 0.788. The summed E-state index contributed by atoms with van der Waals surface area (Å²) in [6, 6.07) is 110. The van der Waals surface area contributed by atoms with E-state index < -0.39 is 0 Å². The number of rotatable bonds is 8. The molecule has 0 saturated heterocycles. The van der Waals surface area contributed by atoms with Gasteiger partial charge in [-0.25, -0.2) is 0 Å². The lowest BCUT2D eigenvalue weighted by Crippen LogP contribution is -2.00. The first-order valence-corrected chi connectivity index (χ1v) is 28.6. The number of aryl methyl sites for hydroxylation is 1. The van der Waals surface area contributed by atoms with Crippen LogP contribution in [0.25, 0.3) is 154 Å². The summed E-state index contributed by atoms with van der Waals surface area (Å²) in [6.07, 6.45) is 0. The number of aromatic nitrogens is 4. The van der Waals surface area contributed by atoms with Gasteiger partial charge in [0.25, 0.3) is 0 Å². The summed E-state index contributed by atoms with van der Waals surface area (Å²) < 4.78 is 9.79. The van der Waals surface area contributed by atoms with Crippen LogP contribution in [-0.4, -0.2) is 18.3 Å². The van der Waals surface area contributed by atoms with Crippen molar-refractivity contribution in [3.8, 4) is 67.3 Å². The number of hydrogen-bond donors (Lipinski definition) is 0. The zero-order valence-electron chi connectivity index (χ0n) is 45.6. The molecule has 4 nitrogen and oxygen atoms in total. The second-order valence-corrected chi connectivity index (χ2v) is 22.2. The Morgan fingerprint density at radius 3 is 1.13 bits per heavy atom. The van der Waals surface area contributed by atoms with Crippen molar-refractivity contribution in [2.24, 2.45) is 0 Å². The van der Waals surface area contributed by atoms with Gasteiger partial charge in [0.05, 0.1) is 44.1 Å². The summed E-state index contributed by atoms with van der Waals surface area (Å²) in [4.78, 5) is 0. The average Bonchev–Trinajstić information content (AvgIpc) is 4.14. The third-order valence-electron chi connectivity index (χ3n) is 17.4. The lowest BCUT2D eigenvalue weighted by atomic mass is 9.95. The van der Waals surface area contributed by atoms with Crippen molar-refractivity contribution >= 4 is 87.2 Å². The summed E-state index contributed by atoms with van der Waals surface area (Å²) in [5, 5.41) is 9.88. The van der Waals surface area contributed by atoms with E-state index in [2.05, 4.69) is 322 Å². The maximum Gasteiger partial charge on any atom is 0.0547 e. The van der Waals surface area contributed by atoms with Gasteiger partial charge in [-0.2, -0.15) is 0 Å². The second kappa shape index (κ2) is 18.6. The minimum Gasteiger partial charge on any atom is -0.309 e. The summed E-state index contributed by atoms with van der Waals surface area (Å²) >= 11 is 0. The molecular weight excluding hydrogens is 1000 g/mol. The Morgan fingerprint density at radius 1 is 0.193 bits per heavy atom. The van der Waals surface area contributed by atoms with Gasteiger partial charge in [-0.1, -0.05) is 200 Å². The smallest absolute Gasteiger partial charge is 0.0547 e. The highest BCUT2D eigenvalue weighted by atomic mass is 15.0.